The molecule has 0 saturated carbocycles. The van der Waals surface area contributed by atoms with Crippen LogP contribution in [0.3, 0.4) is 0 Å². The van der Waals surface area contributed by atoms with E-state index in [9.17, 15) is 9.59 Å². The van der Waals surface area contributed by atoms with Crippen LogP contribution in [0.5, 0.6) is 0 Å². The Morgan fingerprint density at radius 2 is 1.76 bits per heavy atom. The average molecular weight is 337 g/mol. The number of fused-ring (bicyclic) bond motifs is 1. The van der Waals surface area contributed by atoms with Gasteiger partial charge in [-0.05, 0) is 41.8 Å². The van der Waals surface area contributed by atoms with Gasteiger partial charge in [0.2, 0.25) is 0 Å². The molecule has 2 aromatic carbocycles. The molecule has 0 spiro atoms. The summed E-state index contributed by atoms with van der Waals surface area (Å²) in [6, 6.07) is 13.6. The number of hydrogen-bond acceptors (Lipinski definition) is 2. The van der Waals surface area contributed by atoms with E-state index in [2.05, 4.69) is 6.92 Å². The fourth-order valence-corrected chi connectivity index (χ4v) is 3.12. The molecule has 0 aliphatic rings. The summed E-state index contributed by atoms with van der Waals surface area (Å²) in [7, 11) is 5.28. The van der Waals surface area contributed by atoms with Gasteiger partial charge in [-0.25, -0.2) is 4.79 Å². The highest BCUT2D eigenvalue weighted by molar-refractivity contribution is 5.95. The minimum absolute atomic E-state index is 0.00513. The number of aryl methyl sites for hydroxylation is 2. The molecule has 3 rings (SSSR count). The van der Waals surface area contributed by atoms with Crippen molar-refractivity contribution in [2.24, 2.45) is 7.05 Å². The number of nitrogens with zero attached hydrogens (tertiary/aromatic N) is 3. The van der Waals surface area contributed by atoms with Crippen LogP contribution in [-0.4, -0.2) is 34.0 Å². The SMILES string of the molecule is CCCn1c(=O)n(C)c2cc(-c3cccc(C(=O)N(C)C)c3)ccc21. The zero-order valence-electron chi connectivity index (χ0n) is 15.1. The van der Waals surface area contributed by atoms with Gasteiger partial charge < -0.3 is 4.90 Å². The molecule has 0 aliphatic heterocycles. The molecular formula is C20H23N3O2. The van der Waals surface area contributed by atoms with Gasteiger partial charge in [-0.1, -0.05) is 25.1 Å². The molecule has 5 nitrogen and oxygen atoms in total. The predicted molar refractivity (Wildman–Crippen MR) is 101 cm³/mol. The first-order valence-electron chi connectivity index (χ1n) is 8.45. The third kappa shape index (κ3) is 2.97. The minimum Gasteiger partial charge on any atom is -0.345 e. The van der Waals surface area contributed by atoms with E-state index in [-0.39, 0.29) is 11.6 Å². The number of carbonyl (C=O) groups excluding carboxylic acids is 1. The largest absolute Gasteiger partial charge is 0.345 e. The Hall–Kier alpha value is -2.82. The lowest BCUT2D eigenvalue weighted by Gasteiger charge is -2.11. The van der Waals surface area contributed by atoms with Crippen molar-refractivity contribution in [2.75, 3.05) is 14.1 Å². The predicted octanol–water partition coefficient (Wildman–Crippen LogP) is 3.12. The highest BCUT2D eigenvalue weighted by Gasteiger charge is 2.13. The van der Waals surface area contributed by atoms with Gasteiger partial charge in [0.25, 0.3) is 5.91 Å². The molecule has 1 heterocycles. The highest BCUT2D eigenvalue weighted by atomic mass is 16.2. The number of amides is 1. The third-order valence-electron chi connectivity index (χ3n) is 4.44. The number of imidazole rings is 1. The van der Waals surface area contributed by atoms with Gasteiger partial charge in [-0.3, -0.25) is 13.9 Å². The van der Waals surface area contributed by atoms with E-state index < -0.39 is 0 Å². The van der Waals surface area contributed by atoms with Crippen molar-refractivity contribution in [2.45, 2.75) is 19.9 Å². The Labute approximate surface area is 147 Å². The standard InChI is InChI=1S/C20H23N3O2/c1-5-11-23-17-10-9-15(13-18(17)22(4)20(23)25)14-7-6-8-16(12-14)19(24)21(2)3/h6-10,12-13H,5,11H2,1-4H3. The van der Waals surface area contributed by atoms with Crippen molar-refractivity contribution in [3.8, 4) is 11.1 Å². The topological polar surface area (TPSA) is 47.2 Å². The number of carbonyl (C=O) groups is 1. The zero-order chi connectivity index (χ0) is 18.1. The van der Waals surface area contributed by atoms with E-state index in [0.717, 1.165) is 28.6 Å². The lowest BCUT2D eigenvalue weighted by atomic mass is 10.0. The first kappa shape index (κ1) is 17.0. The molecular weight excluding hydrogens is 314 g/mol. The van der Waals surface area contributed by atoms with Gasteiger partial charge in [-0.2, -0.15) is 0 Å². The second kappa shape index (κ2) is 6.59. The molecule has 0 unspecified atom stereocenters. The fourth-order valence-electron chi connectivity index (χ4n) is 3.12. The van der Waals surface area contributed by atoms with Crippen molar-refractivity contribution in [1.29, 1.82) is 0 Å². The van der Waals surface area contributed by atoms with E-state index in [1.165, 1.54) is 0 Å². The number of benzene rings is 2. The maximum atomic E-state index is 12.4. The van der Waals surface area contributed by atoms with E-state index in [1.54, 1.807) is 30.6 Å². The summed E-state index contributed by atoms with van der Waals surface area (Å²) in [6.45, 7) is 2.77. The molecule has 1 aromatic heterocycles. The summed E-state index contributed by atoms with van der Waals surface area (Å²) in [5.74, 6) is -0.0237. The highest BCUT2D eigenvalue weighted by Crippen LogP contribution is 2.25. The van der Waals surface area contributed by atoms with Gasteiger partial charge >= 0.3 is 5.69 Å². The van der Waals surface area contributed by atoms with Crippen LogP contribution in [0.25, 0.3) is 22.2 Å². The first-order chi connectivity index (χ1) is 11.9. The first-order valence-corrected chi connectivity index (χ1v) is 8.45. The molecule has 25 heavy (non-hydrogen) atoms. The van der Waals surface area contributed by atoms with Crippen molar-refractivity contribution in [3.05, 3.63) is 58.5 Å². The maximum absolute atomic E-state index is 12.4. The van der Waals surface area contributed by atoms with Gasteiger partial charge in [0.15, 0.2) is 0 Å². The van der Waals surface area contributed by atoms with E-state index in [4.69, 9.17) is 0 Å². The maximum Gasteiger partial charge on any atom is 0.328 e. The van der Waals surface area contributed by atoms with Gasteiger partial charge in [-0.15, -0.1) is 0 Å². The normalized spacial score (nSPS) is 11.0. The van der Waals surface area contributed by atoms with Crippen LogP contribution in [0.1, 0.15) is 23.7 Å². The Bertz CT molecular complexity index is 996. The summed E-state index contributed by atoms with van der Waals surface area (Å²) in [6.07, 6.45) is 0.912. The number of rotatable bonds is 4. The Morgan fingerprint density at radius 3 is 2.44 bits per heavy atom. The van der Waals surface area contributed by atoms with Crippen LogP contribution in [0.15, 0.2) is 47.3 Å². The van der Waals surface area contributed by atoms with Crippen LogP contribution in [0.2, 0.25) is 0 Å². The third-order valence-corrected chi connectivity index (χ3v) is 4.44. The second-order valence-corrected chi connectivity index (χ2v) is 6.48. The molecule has 0 N–H and O–H groups in total. The van der Waals surface area contributed by atoms with E-state index >= 15 is 0 Å². The van der Waals surface area contributed by atoms with Crippen LogP contribution >= 0.6 is 0 Å². The number of aromatic nitrogens is 2. The van der Waals surface area contributed by atoms with Gasteiger partial charge in [0.1, 0.15) is 0 Å². The molecule has 0 bridgehead atoms. The van der Waals surface area contributed by atoms with E-state index in [1.807, 2.05) is 47.0 Å². The lowest BCUT2D eigenvalue weighted by molar-refractivity contribution is 0.0827. The smallest absolute Gasteiger partial charge is 0.328 e. The van der Waals surface area contributed by atoms with Crippen LogP contribution in [0.4, 0.5) is 0 Å². The van der Waals surface area contributed by atoms with Crippen LogP contribution in [0, 0.1) is 0 Å². The van der Waals surface area contributed by atoms with E-state index in [0.29, 0.717) is 12.1 Å². The molecule has 0 fully saturated rings. The molecule has 3 aromatic rings. The summed E-state index contributed by atoms with van der Waals surface area (Å²) in [5.41, 5.74) is 4.46. The molecule has 0 saturated heterocycles. The van der Waals surface area contributed by atoms with Crippen LogP contribution in [-0.2, 0) is 13.6 Å². The Balaban J connectivity index is 2.12. The quantitative estimate of drug-likeness (QED) is 0.734. The minimum atomic E-state index is -0.0237. The molecule has 130 valence electrons. The average Bonchev–Trinajstić information content (AvgIpc) is 2.86. The molecule has 0 atom stereocenters. The molecule has 5 heteroatoms. The second-order valence-electron chi connectivity index (χ2n) is 6.48. The summed E-state index contributed by atoms with van der Waals surface area (Å²) in [4.78, 5) is 26.2. The molecule has 1 amide bonds. The molecule has 0 radical (unpaired) electrons. The fraction of sp³-hybridized carbons (Fsp3) is 0.300. The van der Waals surface area contributed by atoms with Gasteiger partial charge in [0.05, 0.1) is 11.0 Å². The summed E-state index contributed by atoms with van der Waals surface area (Å²) < 4.78 is 3.49. The monoisotopic (exact) mass is 337 g/mol. The van der Waals surface area contributed by atoms with Crippen molar-refractivity contribution in [1.82, 2.24) is 14.0 Å². The summed E-state index contributed by atoms with van der Waals surface area (Å²) in [5, 5.41) is 0. The van der Waals surface area contributed by atoms with Crippen molar-refractivity contribution in [3.63, 3.8) is 0 Å². The van der Waals surface area contributed by atoms with Crippen molar-refractivity contribution >= 4 is 16.9 Å². The zero-order valence-corrected chi connectivity index (χ0v) is 15.1. The lowest BCUT2D eigenvalue weighted by Crippen LogP contribution is -2.21. The van der Waals surface area contributed by atoms with Crippen LogP contribution < -0.4 is 5.69 Å². The van der Waals surface area contributed by atoms with Gasteiger partial charge in [0, 0.05) is 33.3 Å². The summed E-state index contributed by atoms with van der Waals surface area (Å²) >= 11 is 0. The Morgan fingerprint density at radius 1 is 1.04 bits per heavy atom. The molecule has 0 aliphatic carbocycles. The van der Waals surface area contributed by atoms with Crippen molar-refractivity contribution < 1.29 is 4.79 Å². The number of hydrogen-bond donors (Lipinski definition) is 0. The Kier molecular flexibility index (Phi) is 4.49.